The van der Waals surface area contributed by atoms with Crippen molar-refractivity contribution >= 4 is 23.0 Å². The number of ether oxygens (including phenoxy) is 1. The van der Waals surface area contributed by atoms with Gasteiger partial charge in [0.25, 0.3) is 0 Å². The van der Waals surface area contributed by atoms with E-state index in [1.165, 1.54) is 18.9 Å². The molecule has 0 aromatic carbocycles. The van der Waals surface area contributed by atoms with Crippen molar-refractivity contribution in [2.24, 2.45) is 4.99 Å². The number of amides is 1. The van der Waals surface area contributed by atoms with Crippen LogP contribution in [0.5, 0.6) is 0 Å². The first kappa shape index (κ1) is 10.3. The monoisotopic (exact) mass is 176 g/mol. The third kappa shape index (κ3) is 3.87. The van der Waals surface area contributed by atoms with Crippen LogP contribution in [0.1, 0.15) is 0 Å². The Morgan fingerprint density at radius 3 is 2.36 bits per heavy atom. The average Bonchev–Trinajstić information content (AvgIpc) is 1.99. The lowest BCUT2D eigenvalue weighted by Crippen LogP contribution is -2.19. The molecule has 0 saturated heterocycles. The highest BCUT2D eigenvalue weighted by Crippen LogP contribution is 2.01. The maximum Gasteiger partial charge on any atom is 0.435 e. The first-order chi connectivity index (χ1) is 5.11. The Hall–Kier alpha value is -0.710. The predicted molar refractivity (Wildman–Crippen MR) is 47.0 cm³/mol. The summed E-state index contributed by atoms with van der Waals surface area (Å²) in [6.45, 7) is 0. The van der Waals surface area contributed by atoms with E-state index >= 15 is 0 Å². The number of carbonyl (C=O) groups is 1. The molecule has 0 aromatic heterocycles. The van der Waals surface area contributed by atoms with Crippen molar-refractivity contribution < 1.29 is 9.53 Å². The minimum absolute atomic E-state index is 0.567. The Morgan fingerprint density at radius 1 is 1.55 bits per heavy atom. The first-order valence-corrected chi connectivity index (χ1v) is 4.22. The summed E-state index contributed by atoms with van der Waals surface area (Å²) >= 11 is 1.40. The van der Waals surface area contributed by atoms with Crippen LogP contribution in [-0.4, -0.2) is 43.6 Å². The fraction of sp³-hybridized carbons (Fsp3) is 0.667. The van der Waals surface area contributed by atoms with Crippen LogP contribution in [0.2, 0.25) is 0 Å². The molecule has 0 heterocycles. The van der Waals surface area contributed by atoms with Gasteiger partial charge >= 0.3 is 6.09 Å². The van der Waals surface area contributed by atoms with E-state index in [2.05, 4.69) is 9.73 Å². The van der Waals surface area contributed by atoms with Crippen LogP contribution >= 0.6 is 11.8 Å². The molecule has 0 radical (unpaired) electrons. The topological polar surface area (TPSA) is 41.9 Å². The van der Waals surface area contributed by atoms with Gasteiger partial charge in [0.05, 0.1) is 7.11 Å². The number of amidine groups is 1. The van der Waals surface area contributed by atoms with Gasteiger partial charge in [-0.1, -0.05) is 11.8 Å². The molecule has 0 saturated carbocycles. The van der Waals surface area contributed by atoms with Crippen molar-refractivity contribution in [3.63, 3.8) is 0 Å². The van der Waals surface area contributed by atoms with Crippen molar-refractivity contribution in [1.29, 1.82) is 0 Å². The van der Waals surface area contributed by atoms with Gasteiger partial charge in [-0.2, -0.15) is 4.99 Å². The lowest BCUT2D eigenvalue weighted by atomic mass is 10.9. The van der Waals surface area contributed by atoms with E-state index in [1.807, 2.05) is 20.4 Å². The largest absolute Gasteiger partial charge is 0.451 e. The summed E-state index contributed by atoms with van der Waals surface area (Å²) < 4.78 is 4.37. The fourth-order valence-electron chi connectivity index (χ4n) is 0.452. The van der Waals surface area contributed by atoms with E-state index in [1.54, 1.807) is 4.90 Å². The van der Waals surface area contributed by atoms with Crippen LogP contribution in [0.3, 0.4) is 0 Å². The van der Waals surface area contributed by atoms with E-state index in [0.29, 0.717) is 5.17 Å². The Labute approximate surface area is 70.6 Å². The number of rotatable bonds is 0. The molecule has 0 rings (SSSR count). The summed E-state index contributed by atoms with van der Waals surface area (Å²) in [7, 11) is 4.94. The van der Waals surface area contributed by atoms with Gasteiger partial charge in [-0.3, -0.25) is 0 Å². The smallest absolute Gasteiger partial charge is 0.435 e. The summed E-state index contributed by atoms with van der Waals surface area (Å²) in [6, 6.07) is 0. The molecule has 0 spiro atoms. The molecule has 0 aliphatic heterocycles. The van der Waals surface area contributed by atoms with Crippen LogP contribution < -0.4 is 0 Å². The Kier molecular flexibility index (Phi) is 4.69. The standard InChI is InChI=1S/C6H12N2O2S/c1-8(2)5(11-4)7-6(9)10-3/h1-4H3/b7-5+. The molecule has 0 aliphatic carbocycles. The second kappa shape index (κ2) is 5.01. The normalized spacial score (nSPS) is 11.1. The minimum Gasteiger partial charge on any atom is -0.451 e. The number of hydrogen-bond acceptors (Lipinski definition) is 3. The van der Waals surface area contributed by atoms with Gasteiger partial charge in [0.2, 0.25) is 0 Å². The number of carbonyl (C=O) groups excluding carboxylic acids is 1. The summed E-state index contributed by atoms with van der Waals surface area (Å²) in [4.78, 5) is 16.0. The molecular weight excluding hydrogens is 164 g/mol. The van der Waals surface area contributed by atoms with E-state index < -0.39 is 6.09 Å². The molecule has 0 fully saturated rings. The molecule has 0 aromatic rings. The van der Waals surface area contributed by atoms with E-state index in [4.69, 9.17) is 0 Å². The highest BCUT2D eigenvalue weighted by molar-refractivity contribution is 8.13. The molecule has 64 valence electrons. The second-order valence-corrected chi connectivity index (χ2v) is 2.74. The van der Waals surface area contributed by atoms with Crippen molar-refractivity contribution in [3.8, 4) is 0 Å². The average molecular weight is 176 g/mol. The highest BCUT2D eigenvalue weighted by Gasteiger charge is 2.02. The number of thioether (sulfide) groups is 1. The molecule has 0 bridgehead atoms. The molecule has 0 atom stereocenters. The SMILES string of the molecule is COC(=O)/N=C(/SC)N(C)C. The molecular formula is C6H12N2O2S. The molecule has 1 amide bonds. The van der Waals surface area contributed by atoms with Gasteiger partial charge in [-0.15, -0.1) is 0 Å². The van der Waals surface area contributed by atoms with E-state index in [0.717, 1.165) is 0 Å². The van der Waals surface area contributed by atoms with Gasteiger partial charge in [0.1, 0.15) is 0 Å². The van der Waals surface area contributed by atoms with Crippen LogP contribution in [0, 0.1) is 0 Å². The van der Waals surface area contributed by atoms with Gasteiger partial charge in [-0.25, -0.2) is 4.79 Å². The summed E-state index contributed by atoms with van der Waals surface area (Å²) in [5.41, 5.74) is 0. The van der Waals surface area contributed by atoms with Crippen LogP contribution in [0.4, 0.5) is 4.79 Å². The fourth-order valence-corrected chi connectivity index (χ4v) is 0.983. The molecule has 0 aliphatic rings. The maximum absolute atomic E-state index is 10.6. The third-order valence-corrected chi connectivity index (χ3v) is 1.75. The predicted octanol–water partition coefficient (Wildman–Crippen LogP) is 1.03. The quantitative estimate of drug-likeness (QED) is 0.408. The summed E-state index contributed by atoms with van der Waals surface area (Å²) in [6.07, 6.45) is 1.28. The number of aliphatic imine (C=N–C) groups is 1. The summed E-state index contributed by atoms with van der Waals surface area (Å²) in [5.74, 6) is 0. The molecule has 0 unspecified atom stereocenters. The highest BCUT2D eigenvalue weighted by atomic mass is 32.2. The van der Waals surface area contributed by atoms with E-state index in [-0.39, 0.29) is 0 Å². The van der Waals surface area contributed by atoms with Crippen molar-refractivity contribution in [1.82, 2.24) is 4.90 Å². The Balaban J connectivity index is 4.23. The Morgan fingerprint density at radius 2 is 2.09 bits per heavy atom. The van der Waals surface area contributed by atoms with Gasteiger partial charge in [0.15, 0.2) is 5.17 Å². The van der Waals surface area contributed by atoms with Crippen LogP contribution in [-0.2, 0) is 4.74 Å². The molecule has 0 N–H and O–H groups in total. The zero-order valence-corrected chi connectivity index (χ0v) is 7.94. The van der Waals surface area contributed by atoms with E-state index in [9.17, 15) is 4.79 Å². The number of nitrogens with zero attached hydrogens (tertiary/aromatic N) is 2. The maximum atomic E-state index is 10.6. The lowest BCUT2D eigenvalue weighted by molar-refractivity contribution is 0.182. The molecule has 5 heteroatoms. The lowest BCUT2D eigenvalue weighted by Gasteiger charge is -2.11. The van der Waals surface area contributed by atoms with Crippen molar-refractivity contribution in [2.75, 3.05) is 27.5 Å². The summed E-state index contributed by atoms with van der Waals surface area (Å²) in [5, 5.41) is 0.636. The Bertz CT molecular complexity index is 168. The van der Waals surface area contributed by atoms with Crippen LogP contribution in [0.25, 0.3) is 0 Å². The van der Waals surface area contributed by atoms with Gasteiger partial charge in [-0.05, 0) is 6.26 Å². The van der Waals surface area contributed by atoms with Crippen molar-refractivity contribution in [3.05, 3.63) is 0 Å². The number of hydrogen-bond donors (Lipinski definition) is 0. The molecule has 11 heavy (non-hydrogen) atoms. The van der Waals surface area contributed by atoms with Gasteiger partial charge < -0.3 is 9.64 Å². The zero-order chi connectivity index (χ0) is 8.85. The minimum atomic E-state index is -0.567. The number of methoxy groups -OCH3 is 1. The van der Waals surface area contributed by atoms with Gasteiger partial charge in [0, 0.05) is 14.1 Å². The third-order valence-electron chi connectivity index (χ3n) is 0.927. The van der Waals surface area contributed by atoms with Crippen LogP contribution in [0.15, 0.2) is 4.99 Å². The van der Waals surface area contributed by atoms with Crippen molar-refractivity contribution in [2.45, 2.75) is 0 Å². The zero-order valence-electron chi connectivity index (χ0n) is 7.12. The molecule has 4 nitrogen and oxygen atoms in total. The first-order valence-electron chi connectivity index (χ1n) is 2.99. The second-order valence-electron chi connectivity index (χ2n) is 1.96.